The van der Waals surface area contributed by atoms with Gasteiger partial charge in [-0.15, -0.1) is 6.42 Å². The molecule has 1 saturated carbocycles. The molecule has 6 rings (SSSR count). The largest absolute Gasteiger partial charge is 0.506 e. The van der Waals surface area contributed by atoms with Gasteiger partial charge in [0.15, 0.2) is 5.82 Å². The first kappa shape index (κ1) is 32.1. The number of hydrogen-bond donors (Lipinski definition) is 2. The third kappa shape index (κ3) is 5.55. The monoisotopic (exact) mass is 658 g/mol. The molecule has 2 atom stereocenters. The number of nitrogens with zero attached hydrogens (tertiary/aromatic N) is 4. The van der Waals surface area contributed by atoms with Gasteiger partial charge < -0.3 is 29.5 Å². The Morgan fingerprint density at radius 1 is 1.20 bits per heavy atom. The standard InChI is InChI=1S/C33H31ClF4N4O4/c1-5-18-7-6-8-19-11-22(43)26(34)25(23(18)19)24-21(35)12-20-28(27(24)36)39-30(46-17-32(15-41(3)4)13-33(32,37)38)40-29(20)42-9-10-45-16-31(2,44)14-42/h1,6-8,11-12,43-44H,9-10,13-17H2,2-4H3. The summed E-state index contributed by atoms with van der Waals surface area (Å²) in [5.41, 5.74) is -3.75. The molecule has 2 fully saturated rings. The van der Waals surface area contributed by atoms with Crippen molar-refractivity contribution in [1.82, 2.24) is 14.9 Å². The van der Waals surface area contributed by atoms with Gasteiger partial charge in [0.2, 0.25) is 0 Å². The molecule has 2 aliphatic rings. The summed E-state index contributed by atoms with van der Waals surface area (Å²) in [6.45, 7) is 1.43. The molecule has 1 saturated heterocycles. The van der Waals surface area contributed by atoms with Gasteiger partial charge in [0, 0.05) is 41.4 Å². The summed E-state index contributed by atoms with van der Waals surface area (Å²) in [4.78, 5) is 11.9. The van der Waals surface area contributed by atoms with Gasteiger partial charge in [0.1, 0.15) is 35.1 Å². The van der Waals surface area contributed by atoms with E-state index < -0.39 is 64.4 Å². The van der Waals surface area contributed by atoms with Gasteiger partial charge in [0.05, 0.1) is 35.8 Å². The summed E-state index contributed by atoms with van der Waals surface area (Å²) in [5.74, 6) is -3.12. The van der Waals surface area contributed by atoms with Gasteiger partial charge in [-0.3, -0.25) is 0 Å². The zero-order chi connectivity index (χ0) is 33.2. The molecule has 46 heavy (non-hydrogen) atoms. The maximum absolute atomic E-state index is 16.8. The Labute approximate surface area is 267 Å². The van der Waals surface area contributed by atoms with Crippen LogP contribution in [0.5, 0.6) is 11.8 Å². The first-order valence-electron chi connectivity index (χ1n) is 14.5. The van der Waals surface area contributed by atoms with Crippen LogP contribution in [0, 0.1) is 29.4 Å². The van der Waals surface area contributed by atoms with Gasteiger partial charge in [-0.2, -0.15) is 9.97 Å². The molecule has 3 aromatic carbocycles. The number of benzene rings is 3. The number of β-amino-alcohol motifs (C(OH)–C–C–N with tert-alkyl or cyclic N) is 1. The summed E-state index contributed by atoms with van der Waals surface area (Å²) in [6.07, 6.45) is 5.32. The number of alkyl halides is 2. The Hall–Kier alpha value is -3.89. The summed E-state index contributed by atoms with van der Waals surface area (Å²) >= 11 is 6.51. The first-order chi connectivity index (χ1) is 21.7. The average Bonchev–Trinajstić information content (AvgIpc) is 3.58. The zero-order valence-electron chi connectivity index (χ0n) is 25.3. The molecule has 1 aliphatic carbocycles. The summed E-state index contributed by atoms with van der Waals surface area (Å²) < 4.78 is 73.4. The normalized spacial score (nSPS) is 22.7. The van der Waals surface area contributed by atoms with Crippen molar-refractivity contribution < 1.29 is 37.2 Å². The van der Waals surface area contributed by atoms with Crippen LogP contribution in [0.15, 0.2) is 30.3 Å². The lowest BCUT2D eigenvalue weighted by Crippen LogP contribution is -2.42. The molecule has 2 N–H and O–H groups in total. The first-order valence-corrected chi connectivity index (χ1v) is 14.9. The highest BCUT2D eigenvalue weighted by atomic mass is 35.5. The summed E-state index contributed by atoms with van der Waals surface area (Å²) in [5, 5.41) is 21.7. The number of aromatic nitrogens is 2. The minimum Gasteiger partial charge on any atom is -0.506 e. The van der Waals surface area contributed by atoms with E-state index in [-0.39, 0.29) is 65.6 Å². The van der Waals surface area contributed by atoms with Crippen LogP contribution in [-0.2, 0) is 4.74 Å². The molecule has 1 aromatic heterocycles. The van der Waals surface area contributed by atoms with Crippen molar-refractivity contribution >= 4 is 39.1 Å². The van der Waals surface area contributed by atoms with Crippen molar-refractivity contribution in [2.75, 3.05) is 58.5 Å². The smallest absolute Gasteiger partial charge is 0.319 e. The second-order valence-electron chi connectivity index (χ2n) is 12.6. The van der Waals surface area contributed by atoms with E-state index in [0.29, 0.717) is 5.39 Å². The minimum atomic E-state index is -2.98. The molecule has 0 spiro atoms. The van der Waals surface area contributed by atoms with Gasteiger partial charge in [-0.1, -0.05) is 29.7 Å². The highest BCUT2D eigenvalue weighted by Gasteiger charge is 2.71. The average molecular weight is 659 g/mol. The van der Waals surface area contributed by atoms with Gasteiger partial charge in [-0.25, -0.2) is 17.6 Å². The third-order valence-electron chi connectivity index (χ3n) is 8.39. The van der Waals surface area contributed by atoms with E-state index in [9.17, 15) is 19.0 Å². The topological polar surface area (TPSA) is 91.2 Å². The molecular formula is C33H31ClF4N4O4. The van der Waals surface area contributed by atoms with Crippen molar-refractivity contribution in [3.63, 3.8) is 0 Å². The second-order valence-corrected chi connectivity index (χ2v) is 12.9. The molecule has 0 amide bonds. The van der Waals surface area contributed by atoms with E-state index in [1.165, 1.54) is 6.07 Å². The SMILES string of the molecule is C#Cc1cccc2cc(O)c(Cl)c(-c3c(F)cc4c(N5CCOCC(C)(O)C5)nc(OCC5(CN(C)C)CC5(F)F)nc4c3F)c12. The number of aliphatic hydroxyl groups is 1. The maximum Gasteiger partial charge on any atom is 0.319 e. The van der Waals surface area contributed by atoms with Crippen molar-refractivity contribution in [3.05, 3.63) is 52.6 Å². The Morgan fingerprint density at radius 3 is 2.61 bits per heavy atom. The summed E-state index contributed by atoms with van der Waals surface area (Å²) in [7, 11) is 3.34. The van der Waals surface area contributed by atoms with Crippen LogP contribution in [-0.4, -0.2) is 90.2 Å². The van der Waals surface area contributed by atoms with Crippen LogP contribution in [0.3, 0.4) is 0 Å². The third-order valence-corrected chi connectivity index (χ3v) is 8.77. The fourth-order valence-corrected chi connectivity index (χ4v) is 6.46. The van der Waals surface area contributed by atoms with Crippen molar-refractivity contribution in [1.29, 1.82) is 0 Å². The van der Waals surface area contributed by atoms with E-state index in [4.69, 9.17) is 27.5 Å². The number of hydrogen-bond acceptors (Lipinski definition) is 8. The molecule has 0 radical (unpaired) electrons. The van der Waals surface area contributed by atoms with Crippen LogP contribution < -0.4 is 9.64 Å². The van der Waals surface area contributed by atoms with E-state index in [0.717, 1.165) is 6.07 Å². The molecule has 242 valence electrons. The predicted molar refractivity (Wildman–Crippen MR) is 167 cm³/mol. The highest BCUT2D eigenvalue weighted by molar-refractivity contribution is 6.37. The molecule has 8 nitrogen and oxygen atoms in total. The maximum atomic E-state index is 16.8. The molecule has 13 heteroatoms. The Bertz CT molecular complexity index is 1920. The lowest BCUT2D eigenvalue weighted by molar-refractivity contribution is -0.0123. The molecular weight excluding hydrogens is 628 g/mol. The molecule has 2 unspecified atom stereocenters. The van der Waals surface area contributed by atoms with Crippen molar-refractivity contribution in [2.24, 2.45) is 5.41 Å². The number of halogens is 5. The lowest BCUT2D eigenvalue weighted by atomic mass is 9.92. The van der Waals surface area contributed by atoms with Gasteiger partial charge in [-0.05, 0) is 44.6 Å². The van der Waals surface area contributed by atoms with E-state index in [1.807, 2.05) is 0 Å². The van der Waals surface area contributed by atoms with Crippen LogP contribution in [0.1, 0.15) is 18.9 Å². The van der Waals surface area contributed by atoms with Crippen LogP contribution in [0.4, 0.5) is 23.4 Å². The Balaban J connectivity index is 1.58. The number of rotatable bonds is 7. The van der Waals surface area contributed by atoms with E-state index in [2.05, 4.69) is 15.9 Å². The lowest BCUT2D eigenvalue weighted by Gasteiger charge is -2.29. The Kier molecular flexibility index (Phi) is 7.96. The van der Waals surface area contributed by atoms with E-state index >= 15 is 8.78 Å². The van der Waals surface area contributed by atoms with Gasteiger partial charge >= 0.3 is 6.01 Å². The molecule has 4 aromatic rings. The number of fused-ring (bicyclic) bond motifs is 2. The van der Waals surface area contributed by atoms with Gasteiger partial charge in [0.25, 0.3) is 5.92 Å². The predicted octanol–water partition coefficient (Wildman–Crippen LogP) is 5.62. The molecule has 0 bridgehead atoms. The summed E-state index contributed by atoms with van der Waals surface area (Å²) in [6, 6.07) is 6.78. The number of phenolic OH excluding ortho intramolecular Hbond substituents is 1. The number of terminal acetylenes is 1. The van der Waals surface area contributed by atoms with Crippen molar-refractivity contribution in [3.8, 4) is 35.2 Å². The second kappa shape index (κ2) is 11.4. The fourth-order valence-electron chi connectivity index (χ4n) is 6.21. The zero-order valence-corrected chi connectivity index (χ0v) is 26.1. The Morgan fingerprint density at radius 2 is 1.93 bits per heavy atom. The van der Waals surface area contributed by atoms with E-state index in [1.54, 1.807) is 49.0 Å². The minimum absolute atomic E-state index is 0.00542. The number of aromatic hydroxyl groups is 1. The van der Waals surface area contributed by atoms with Crippen LogP contribution in [0.2, 0.25) is 5.02 Å². The highest BCUT2D eigenvalue weighted by Crippen LogP contribution is 2.60. The fraction of sp³-hybridized carbons (Fsp3) is 0.394. The number of ether oxygens (including phenoxy) is 2. The number of anilines is 1. The van der Waals surface area contributed by atoms with Crippen LogP contribution >= 0.6 is 11.6 Å². The quantitative estimate of drug-likeness (QED) is 0.195. The van der Waals surface area contributed by atoms with Crippen LogP contribution in [0.25, 0.3) is 32.8 Å². The molecule has 1 aliphatic heterocycles. The molecule has 2 heterocycles. The van der Waals surface area contributed by atoms with Crippen molar-refractivity contribution in [2.45, 2.75) is 24.9 Å². The number of phenols is 1.